The Kier molecular flexibility index (Phi) is 7.58. The first kappa shape index (κ1) is 30.9. The standard InChI is InChI=1S/C51H36N2/c1-3-12-36(13-4-1)41-25-30-49-43(32-41)34-44-33-42(26-31-50(44)53(49)51-21-11-17-39-15-9-10-20-48(39)51)38-22-27-46(28-23-38)52(45-18-5-2-6-19-45)47-29-24-37-14-7-8-16-40(37)35-47/h1-33,35H,34H2. The molecule has 1 aliphatic rings. The van der Waals surface area contributed by atoms with Gasteiger partial charge in [0, 0.05) is 40.2 Å². The zero-order valence-electron chi connectivity index (χ0n) is 29.2. The molecule has 2 heteroatoms. The first-order chi connectivity index (χ1) is 26.3. The molecule has 9 aromatic carbocycles. The van der Waals surface area contributed by atoms with Crippen molar-refractivity contribution in [3.05, 3.63) is 217 Å². The van der Waals surface area contributed by atoms with Gasteiger partial charge in [0.05, 0.1) is 5.69 Å². The largest absolute Gasteiger partial charge is 0.310 e. The minimum atomic E-state index is 0.863. The summed E-state index contributed by atoms with van der Waals surface area (Å²) >= 11 is 0. The Hall–Kier alpha value is -6.90. The Balaban J connectivity index is 1.06. The fraction of sp³-hybridized carbons (Fsp3) is 0.0196. The van der Waals surface area contributed by atoms with E-state index < -0.39 is 0 Å². The van der Waals surface area contributed by atoms with E-state index in [9.17, 15) is 0 Å². The second kappa shape index (κ2) is 13.0. The van der Waals surface area contributed by atoms with Crippen LogP contribution < -0.4 is 9.80 Å². The van der Waals surface area contributed by atoms with Crippen molar-refractivity contribution in [2.24, 2.45) is 0 Å². The number of hydrogen-bond donors (Lipinski definition) is 0. The third-order valence-electron chi connectivity index (χ3n) is 10.6. The van der Waals surface area contributed by atoms with Crippen LogP contribution in [0.1, 0.15) is 11.1 Å². The molecule has 0 amide bonds. The Morgan fingerprint density at radius 2 is 0.849 bits per heavy atom. The molecule has 10 rings (SSSR count). The Bertz CT molecular complexity index is 2750. The summed E-state index contributed by atoms with van der Waals surface area (Å²) in [5.74, 6) is 0. The molecule has 1 aliphatic heterocycles. The van der Waals surface area contributed by atoms with E-state index in [1.807, 2.05) is 0 Å². The van der Waals surface area contributed by atoms with Crippen molar-refractivity contribution in [1.82, 2.24) is 0 Å². The van der Waals surface area contributed by atoms with Crippen LogP contribution in [0.3, 0.4) is 0 Å². The fourth-order valence-corrected chi connectivity index (χ4v) is 8.02. The molecule has 0 unspecified atom stereocenters. The monoisotopic (exact) mass is 676 g/mol. The van der Waals surface area contributed by atoms with Crippen LogP contribution in [0.2, 0.25) is 0 Å². The summed E-state index contributed by atoms with van der Waals surface area (Å²) in [7, 11) is 0. The lowest BCUT2D eigenvalue weighted by Gasteiger charge is -2.35. The first-order valence-electron chi connectivity index (χ1n) is 18.3. The second-order valence-electron chi connectivity index (χ2n) is 13.8. The molecular weight excluding hydrogens is 641 g/mol. The van der Waals surface area contributed by atoms with Gasteiger partial charge in [-0.2, -0.15) is 0 Å². The average Bonchev–Trinajstić information content (AvgIpc) is 3.23. The highest BCUT2D eigenvalue weighted by atomic mass is 15.2. The third kappa shape index (κ3) is 5.62. The minimum Gasteiger partial charge on any atom is -0.310 e. The van der Waals surface area contributed by atoms with Crippen LogP contribution in [0.15, 0.2) is 206 Å². The highest BCUT2D eigenvalue weighted by molar-refractivity contribution is 6.01. The second-order valence-corrected chi connectivity index (χ2v) is 13.8. The van der Waals surface area contributed by atoms with Gasteiger partial charge in [-0.25, -0.2) is 0 Å². The fourth-order valence-electron chi connectivity index (χ4n) is 8.02. The Morgan fingerprint density at radius 1 is 0.321 bits per heavy atom. The third-order valence-corrected chi connectivity index (χ3v) is 10.6. The number of anilines is 6. The van der Waals surface area contributed by atoms with Crippen LogP contribution in [0.5, 0.6) is 0 Å². The molecule has 0 aromatic heterocycles. The zero-order chi connectivity index (χ0) is 35.1. The predicted molar refractivity (Wildman–Crippen MR) is 224 cm³/mol. The Morgan fingerprint density at radius 3 is 1.57 bits per heavy atom. The van der Waals surface area contributed by atoms with Gasteiger partial charge in [-0.05, 0) is 116 Å². The summed E-state index contributed by atoms with van der Waals surface area (Å²) in [5, 5.41) is 4.95. The minimum absolute atomic E-state index is 0.863. The van der Waals surface area contributed by atoms with Gasteiger partial charge in [-0.3, -0.25) is 0 Å². The van der Waals surface area contributed by atoms with E-state index >= 15 is 0 Å². The summed E-state index contributed by atoms with van der Waals surface area (Å²) in [6.45, 7) is 0. The number of nitrogens with zero attached hydrogens (tertiary/aromatic N) is 2. The quantitative estimate of drug-likeness (QED) is 0.173. The van der Waals surface area contributed by atoms with Crippen LogP contribution in [0.25, 0.3) is 43.8 Å². The summed E-state index contributed by atoms with van der Waals surface area (Å²) in [4.78, 5) is 4.81. The van der Waals surface area contributed by atoms with Crippen molar-refractivity contribution in [2.75, 3.05) is 9.80 Å². The molecule has 250 valence electrons. The van der Waals surface area contributed by atoms with Crippen molar-refractivity contribution in [2.45, 2.75) is 6.42 Å². The first-order valence-corrected chi connectivity index (χ1v) is 18.3. The van der Waals surface area contributed by atoms with Crippen molar-refractivity contribution >= 4 is 55.7 Å². The maximum atomic E-state index is 2.47. The lowest BCUT2D eigenvalue weighted by Crippen LogP contribution is -2.19. The molecule has 1 heterocycles. The predicted octanol–water partition coefficient (Wildman–Crippen LogP) is 14.2. The van der Waals surface area contributed by atoms with Gasteiger partial charge in [-0.15, -0.1) is 0 Å². The van der Waals surface area contributed by atoms with Crippen molar-refractivity contribution in [3.63, 3.8) is 0 Å². The molecule has 0 fully saturated rings. The zero-order valence-corrected chi connectivity index (χ0v) is 29.2. The lowest BCUT2D eigenvalue weighted by molar-refractivity contribution is 1.09. The Labute approximate surface area is 310 Å². The summed E-state index contributed by atoms with van der Waals surface area (Å²) in [5.41, 5.74) is 14.6. The smallest absolute Gasteiger partial charge is 0.0540 e. The summed E-state index contributed by atoms with van der Waals surface area (Å²) in [6, 6.07) is 74.9. The summed E-state index contributed by atoms with van der Waals surface area (Å²) < 4.78 is 0. The highest BCUT2D eigenvalue weighted by Gasteiger charge is 2.26. The average molecular weight is 677 g/mol. The lowest BCUT2D eigenvalue weighted by atomic mass is 9.89. The molecule has 0 radical (unpaired) electrons. The van der Waals surface area contributed by atoms with Crippen LogP contribution >= 0.6 is 0 Å². The molecule has 0 saturated heterocycles. The SMILES string of the molecule is c1ccc(-c2ccc3c(c2)Cc2cc(-c4ccc(N(c5ccccc5)c5ccc6ccccc6c5)cc4)ccc2N3c2cccc3ccccc23)cc1. The molecular formula is C51H36N2. The van der Waals surface area contributed by atoms with E-state index in [0.29, 0.717) is 0 Å². The van der Waals surface area contributed by atoms with Crippen LogP contribution in [-0.4, -0.2) is 0 Å². The molecule has 0 aliphatic carbocycles. The van der Waals surface area contributed by atoms with Gasteiger partial charge in [0.1, 0.15) is 0 Å². The van der Waals surface area contributed by atoms with Gasteiger partial charge >= 0.3 is 0 Å². The maximum absolute atomic E-state index is 2.47. The number of para-hydroxylation sites is 1. The van der Waals surface area contributed by atoms with Crippen LogP contribution in [0, 0.1) is 0 Å². The number of fused-ring (bicyclic) bond motifs is 4. The van der Waals surface area contributed by atoms with Gasteiger partial charge < -0.3 is 9.80 Å². The number of benzene rings is 9. The molecule has 0 atom stereocenters. The van der Waals surface area contributed by atoms with E-state index in [2.05, 4.69) is 216 Å². The summed E-state index contributed by atoms with van der Waals surface area (Å²) in [6.07, 6.45) is 0.863. The molecule has 2 nitrogen and oxygen atoms in total. The van der Waals surface area contributed by atoms with Gasteiger partial charge in [-0.1, -0.05) is 140 Å². The van der Waals surface area contributed by atoms with Gasteiger partial charge in [0.15, 0.2) is 0 Å². The van der Waals surface area contributed by atoms with E-state index in [4.69, 9.17) is 0 Å². The highest BCUT2D eigenvalue weighted by Crippen LogP contribution is 2.48. The van der Waals surface area contributed by atoms with Gasteiger partial charge in [0.25, 0.3) is 0 Å². The normalized spacial score (nSPS) is 12.0. The van der Waals surface area contributed by atoms with Crippen molar-refractivity contribution < 1.29 is 0 Å². The molecule has 53 heavy (non-hydrogen) atoms. The number of rotatable bonds is 6. The number of hydrogen-bond acceptors (Lipinski definition) is 2. The molecule has 0 bridgehead atoms. The van der Waals surface area contributed by atoms with Gasteiger partial charge in [0.2, 0.25) is 0 Å². The van der Waals surface area contributed by atoms with Crippen molar-refractivity contribution in [1.29, 1.82) is 0 Å². The maximum Gasteiger partial charge on any atom is 0.0540 e. The van der Waals surface area contributed by atoms with E-state index in [1.54, 1.807) is 0 Å². The van der Waals surface area contributed by atoms with E-state index in [0.717, 1.165) is 23.5 Å². The van der Waals surface area contributed by atoms with Crippen LogP contribution in [0.4, 0.5) is 34.1 Å². The van der Waals surface area contributed by atoms with E-state index in [-0.39, 0.29) is 0 Å². The molecule has 0 saturated carbocycles. The van der Waals surface area contributed by atoms with Crippen molar-refractivity contribution in [3.8, 4) is 22.3 Å². The molecule has 0 spiro atoms. The molecule has 9 aromatic rings. The molecule has 0 N–H and O–H groups in total. The van der Waals surface area contributed by atoms with Crippen LogP contribution in [-0.2, 0) is 6.42 Å². The topological polar surface area (TPSA) is 6.48 Å². The van der Waals surface area contributed by atoms with E-state index in [1.165, 1.54) is 72.0 Å².